The number of hydrogen-bond acceptors (Lipinski definition) is 8. The molecular formula is C46H18F2N8. The lowest BCUT2D eigenvalue weighted by atomic mass is 9.76. The molecule has 2 atom stereocenters. The van der Waals surface area contributed by atoms with E-state index in [4.69, 9.17) is 0 Å². The SMILES string of the molecule is N#CC1=C(c2ccccc2)/C(=C(/C#N)c2cc(C#N)cc(C#N)c2)c2c(F)c3c(c(F)c21)C(C(C#N)c1cc(C#N)cc(C#N)c1)C(c1ccccc1)=C3C#N. The average molecular weight is 721 g/mol. The van der Waals surface area contributed by atoms with Gasteiger partial charge in [0.2, 0.25) is 0 Å². The van der Waals surface area contributed by atoms with Gasteiger partial charge in [0.15, 0.2) is 0 Å². The van der Waals surface area contributed by atoms with E-state index in [-0.39, 0.29) is 72.4 Å². The van der Waals surface area contributed by atoms with Gasteiger partial charge >= 0.3 is 0 Å². The quantitative estimate of drug-likeness (QED) is 0.160. The van der Waals surface area contributed by atoms with Crippen LogP contribution in [-0.4, -0.2) is 0 Å². The Morgan fingerprint density at radius 2 is 1.05 bits per heavy atom. The van der Waals surface area contributed by atoms with Crippen molar-refractivity contribution in [1.29, 1.82) is 42.1 Å². The number of halogens is 2. The summed E-state index contributed by atoms with van der Waals surface area (Å²) in [7, 11) is 0. The summed E-state index contributed by atoms with van der Waals surface area (Å²) in [5.74, 6) is -5.02. The van der Waals surface area contributed by atoms with Gasteiger partial charge in [-0.3, -0.25) is 0 Å². The summed E-state index contributed by atoms with van der Waals surface area (Å²) >= 11 is 0. The first kappa shape index (κ1) is 35.5. The number of nitriles is 8. The van der Waals surface area contributed by atoms with E-state index in [0.717, 1.165) is 0 Å². The first-order chi connectivity index (χ1) is 27.3. The zero-order valence-corrected chi connectivity index (χ0v) is 28.7. The van der Waals surface area contributed by atoms with Crippen LogP contribution >= 0.6 is 0 Å². The van der Waals surface area contributed by atoms with Gasteiger partial charge in [0.05, 0.1) is 75.2 Å². The third kappa shape index (κ3) is 5.43. The average Bonchev–Trinajstić information content (AvgIpc) is 3.78. The van der Waals surface area contributed by atoms with E-state index in [1.807, 2.05) is 36.4 Å². The van der Waals surface area contributed by atoms with Gasteiger partial charge in [0.25, 0.3) is 0 Å². The van der Waals surface area contributed by atoms with E-state index >= 15 is 8.78 Å². The summed E-state index contributed by atoms with van der Waals surface area (Å²) in [6, 6.07) is 40.6. The Balaban J connectivity index is 1.67. The summed E-state index contributed by atoms with van der Waals surface area (Å²) in [5.41, 5.74) is -1.83. The maximum atomic E-state index is 18.0. The Morgan fingerprint density at radius 3 is 1.54 bits per heavy atom. The van der Waals surface area contributed by atoms with Gasteiger partial charge in [-0.05, 0) is 64.2 Å². The zero-order valence-electron chi connectivity index (χ0n) is 28.7. The molecule has 56 heavy (non-hydrogen) atoms. The monoisotopic (exact) mass is 720 g/mol. The minimum absolute atomic E-state index is 0.00142. The molecule has 5 aromatic carbocycles. The Bertz CT molecular complexity index is 2960. The molecule has 2 aliphatic rings. The smallest absolute Gasteiger partial charge is 0.140 e. The van der Waals surface area contributed by atoms with E-state index in [1.54, 1.807) is 60.7 Å². The van der Waals surface area contributed by atoms with Crippen LogP contribution in [0.4, 0.5) is 8.78 Å². The maximum Gasteiger partial charge on any atom is 0.140 e. The minimum atomic E-state index is -1.39. The van der Waals surface area contributed by atoms with Gasteiger partial charge in [-0.25, -0.2) is 8.78 Å². The number of hydrogen-bond donors (Lipinski definition) is 0. The fraction of sp³-hybridized carbons (Fsp3) is 0.0435. The summed E-state index contributed by atoms with van der Waals surface area (Å²) in [4.78, 5) is 0. The molecule has 8 nitrogen and oxygen atoms in total. The highest BCUT2D eigenvalue weighted by molar-refractivity contribution is 6.31. The summed E-state index contributed by atoms with van der Waals surface area (Å²) in [6.07, 6.45) is 0. The third-order valence-corrected chi connectivity index (χ3v) is 9.81. The highest BCUT2D eigenvalue weighted by Gasteiger charge is 2.47. The molecule has 256 valence electrons. The van der Waals surface area contributed by atoms with E-state index < -0.39 is 40.2 Å². The first-order valence-electron chi connectivity index (χ1n) is 16.7. The normalized spacial score (nSPS) is 15.0. The van der Waals surface area contributed by atoms with Crippen LogP contribution in [0.2, 0.25) is 0 Å². The lowest BCUT2D eigenvalue weighted by Crippen LogP contribution is -2.14. The lowest BCUT2D eigenvalue weighted by molar-refractivity contribution is 0.569. The molecule has 0 amide bonds. The molecule has 0 radical (unpaired) electrons. The minimum Gasteiger partial charge on any atom is -0.206 e. The van der Waals surface area contributed by atoms with Crippen LogP contribution in [0.3, 0.4) is 0 Å². The van der Waals surface area contributed by atoms with Crippen LogP contribution in [0.5, 0.6) is 0 Å². The van der Waals surface area contributed by atoms with Gasteiger partial charge < -0.3 is 0 Å². The molecule has 0 saturated carbocycles. The highest BCUT2D eigenvalue weighted by Crippen LogP contribution is 2.60. The Morgan fingerprint density at radius 1 is 0.536 bits per heavy atom. The van der Waals surface area contributed by atoms with Crippen molar-refractivity contribution < 1.29 is 8.78 Å². The molecule has 0 fully saturated rings. The molecule has 10 heteroatoms. The molecule has 2 aliphatic carbocycles. The van der Waals surface area contributed by atoms with Crippen LogP contribution in [0.15, 0.2) is 97.1 Å². The van der Waals surface area contributed by atoms with E-state index in [2.05, 4.69) is 12.1 Å². The molecule has 0 heterocycles. The molecular weight excluding hydrogens is 703 g/mol. The molecule has 2 unspecified atom stereocenters. The van der Waals surface area contributed by atoms with Crippen LogP contribution in [0.1, 0.15) is 78.6 Å². The molecule has 0 saturated heterocycles. The Kier molecular flexibility index (Phi) is 9.04. The summed E-state index contributed by atoms with van der Waals surface area (Å²) in [5, 5.41) is 82.2. The molecule has 0 spiro atoms. The van der Waals surface area contributed by atoms with E-state index in [0.29, 0.717) is 11.1 Å². The van der Waals surface area contributed by atoms with Crippen LogP contribution in [0.25, 0.3) is 33.4 Å². The summed E-state index contributed by atoms with van der Waals surface area (Å²) in [6.45, 7) is 0. The van der Waals surface area contributed by atoms with Gasteiger partial charge in [-0.2, -0.15) is 42.1 Å². The molecule has 7 rings (SSSR count). The van der Waals surface area contributed by atoms with Crippen molar-refractivity contribution in [2.75, 3.05) is 0 Å². The third-order valence-electron chi connectivity index (χ3n) is 9.81. The van der Waals surface area contributed by atoms with Crippen molar-refractivity contribution in [2.24, 2.45) is 0 Å². The maximum absolute atomic E-state index is 18.0. The topological polar surface area (TPSA) is 190 Å². The van der Waals surface area contributed by atoms with Gasteiger partial charge in [-0.15, -0.1) is 0 Å². The Labute approximate surface area is 319 Å². The second kappa shape index (κ2) is 14.3. The van der Waals surface area contributed by atoms with E-state index in [9.17, 15) is 42.1 Å². The summed E-state index contributed by atoms with van der Waals surface area (Å²) < 4.78 is 36.0. The number of fused-ring (bicyclic) bond motifs is 2. The second-order valence-electron chi connectivity index (χ2n) is 12.7. The number of rotatable bonds is 5. The standard InChI is InChI=1S/C46H18F2N8/c47-45-41-35(23-55)37(29-7-3-1-4-8-29)39(33(21-53)31-13-25(17-49)11-26(14-31)18-50)43(41)46(48)42-36(24-56)38(30-9-5-2-6-10-30)40(44(42)45)34(22-54)32-15-27(19-51)12-28(16-32)20-52/h1-16,33,39H/b40-34+. The lowest BCUT2D eigenvalue weighted by Gasteiger charge is -2.24. The van der Waals surface area contributed by atoms with Crippen LogP contribution in [0, 0.1) is 102 Å². The predicted molar refractivity (Wildman–Crippen MR) is 199 cm³/mol. The predicted octanol–water partition coefficient (Wildman–Crippen LogP) is 9.17. The van der Waals surface area contributed by atoms with Gasteiger partial charge in [0.1, 0.15) is 29.8 Å². The van der Waals surface area contributed by atoms with Gasteiger partial charge in [-0.1, -0.05) is 60.7 Å². The number of benzene rings is 5. The van der Waals surface area contributed by atoms with Crippen molar-refractivity contribution in [1.82, 2.24) is 0 Å². The van der Waals surface area contributed by atoms with Crippen molar-refractivity contribution in [2.45, 2.75) is 11.8 Å². The molecule has 0 aromatic heterocycles. The van der Waals surface area contributed by atoms with Crippen molar-refractivity contribution in [3.63, 3.8) is 0 Å². The molecule has 0 aliphatic heterocycles. The Hall–Kier alpha value is -8.90. The molecule has 5 aromatic rings. The molecule has 0 bridgehead atoms. The van der Waals surface area contributed by atoms with Gasteiger partial charge in [0, 0.05) is 39.3 Å². The van der Waals surface area contributed by atoms with Crippen molar-refractivity contribution in [3.8, 4) is 48.6 Å². The number of allylic oxidation sites excluding steroid dienone is 6. The zero-order chi connectivity index (χ0) is 39.7. The fourth-order valence-electron chi connectivity index (χ4n) is 7.64. The first-order valence-corrected chi connectivity index (χ1v) is 16.7. The van der Waals surface area contributed by atoms with Crippen molar-refractivity contribution in [3.05, 3.63) is 175 Å². The second-order valence-corrected chi connectivity index (χ2v) is 12.7. The highest BCUT2D eigenvalue weighted by atomic mass is 19.1. The fourth-order valence-corrected chi connectivity index (χ4v) is 7.64. The van der Waals surface area contributed by atoms with E-state index in [1.165, 1.54) is 36.4 Å². The molecule has 0 N–H and O–H groups in total. The van der Waals surface area contributed by atoms with Crippen LogP contribution < -0.4 is 0 Å². The number of nitrogens with zero attached hydrogens (tertiary/aromatic N) is 8. The van der Waals surface area contributed by atoms with Crippen molar-refractivity contribution >= 4 is 33.4 Å². The van der Waals surface area contributed by atoms with Crippen LogP contribution in [-0.2, 0) is 0 Å². The largest absolute Gasteiger partial charge is 0.206 e.